The Balaban J connectivity index is 2.18. The molecule has 1 unspecified atom stereocenters. The summed E-state index contributed by atoms with van der Waals surface area (Å²) in [5.41, 5.74) is 1.25. The van der Waals surface area contributed by atoms with Crippen LogP contribution < -0.4 is 5.32 Å². The van der Waals surface area contributed by atoms with Gasteiger partial charge in [-0.25, -0.2) is 13.8 Å². The third-order valence-electron chi connectivity index (χ3n) is 3.33. The van der Waals surface area contributed by atoms with Gasteiger partial charge in [-0.3, -0.25) is 9.20 Å². The number of alkyl halides is 1. The highest BCUT2D eigenvalue weighted by Crippen LogP contribution is 2.30. The van der Waals surface area contributed by atoms with Gasteiger partial charge in [0.1, 0.15) is 22.5 Å². The zero-order valence-electron chi connectivity index (χ0n) is 12.1. The molecule has 1 amide bonds. The summed E-state index contributed by atoms with van der Waals surface area (Å²) < 4.78 is 28.3. The van der Waals surface area contributed by atoms with Crippen LogP contribution in [0.5, 0.6) is 0 Å². The predicted octanol–water partition coefficient (Wildman–Crippen LogP) is 3.85. The molecular formula is C16H12ClF2N3O. The Bertz CT molecular complexity index is 892. The van der Waals surface area contributed by atoms with Crippen LogP contribution in [0.2, 0.25) is 0 Å². The third kappa shape index (κ3) is 2.90. The highest BCUT2D eigenvalue weighted by atomic mass is 35.5. The van der Waals surface area contributed by atoms with Crippen molar-refractivity contribution in [1.29, 1.82) is 0 Å². The Hall–Kier alpha value is -2.47. The summed E-state index contributed by atoms with van der Waals surface area (Å²) in [6.07, 6.45) is 1.71. The summed E-state index contributed by atoms with van der Waals surface area (Å²) in [5, 5.41) is 1.93. The van der Waals surface area contributed by atoms with Gasteiger partial charge in [0.05, 0.1) is 0 Å². The molecule has 23 heavy (non-hydrogen) atoms. The highest BCUT2D eigenvalue weighted by Gasteiger charge is 2.19. The molecule has 0 spiro atoms. The zero-order valence-corrected chi connectivity index (χ0v) is 12.8. The molecule has 2 aromatic heterocycles. The molecule has 3 aromatic rings. The predicted molar refractivity (Wildman–Crippen MR) is 84.5 cm³/mol. The Morgan fingerprint density at radius 1 is 1.26 bits per heavy atom. The van der Waals surface area contributed by atoms with E-state index in [9.17, 15) is 13.6 Å². The number of benzene rings is 1. The molecule has 118 valence electrons. The molecule has 2 heterocycles. The van der Waals surface area contributed by atoms with E-state index in [1.165, 1.54) is 13.0 Å². The fourth-order valence-electron chi connectivity index (χ4n) is 2.18. The first-order valence-electron chi connectivity index (χ1n) is 6.85. The molecule has 4 nitrogen and oxygen atoms in total. The molecule has 3 rings (SSSR count). The molecule has 0 saturated heterocycles. The number of aromatic nitrogens is 2. The number of fused-ring (bicyclic) bond motifs is 1. The second-order valence-corrected chi connectivity index (χ2v) is 5.63. The van der Waals surface area contributed by atoms with Crippen molar-refractivity contribution in [2.24, 2.45) is 0 Å². The minimum atomic E-state index is -0.984. The lowest BCUT2D eigenvalue weighted by Crippen LogP contribution is -2.21. The second kappa shape index (κ2) is 5.96. The summed E-state index contributed by atoms with van der Waals surface area (Å²) >= 11 is 5.79. The molecule has 0 aliphatic carbocycles. The number of hydrogen-bond donors (Lipinski definition) is 1. The number of amides is 1. The Labute approximate surface area is 135 Å². The standard InChI is InChI=1S/C16H12ClF2N3O/c1-9(17)16(23)21-15-14(10-5-6-11(18)12(19)8-10)20-13-4-2-3-7-22(13)15/h2-9H,1H3,(H,21,23). The van der Waals surface area contributed by atoms with Crippen molar-refractivity contribution >= 4 is 29.0 Å². The van der Waals surface area contributed by atoms with Crippen molar-refractivity contribution in [3.05, 3.63) is 54.2 Å². The summed E-state index contributed by atoms with van der Waals surface area (Å²) in [7, 11) is 0. The maximum atomic E-state index is 13.5. The van der Waals surface area contributed by atoms with Crippen LogP contribution in [0.25, 0.3) is 16.9 Å². The molecule has 1 aromatic carbocycles. The number of pyridine rings is 1. The normalized spacial score (nSPS) is 12.3. The average molecular weight is 336 g/mol. The van der Waals surface area contributed by atoms with E-state index in [-0.39, 0.29) is 0 Å². The van der Waals surface area contributed by atoms with E-state index in [0.29, 0.717) is 22.7 Å². The summed E-state index contributed by atoms with van der Waals surface area (Å²) in [6.45, 7) is 1.54. The van der Waals surface area contributed by atoms with Gasteiger partial charge >= 0.3 is 0 Å². The number of carbonyl (C=O) groups excluding carboxylic acids is 1. The fourth-order valence-corrected chi connectivity index (χ4v) is 2.23. The lowest BCUT2D eigenvalue weighted by atomic mass is 10.1. The second-order valence-electron chi connectivity index (χ2n) is 4.97. The van der Waals surface area contributed by atoms with E-state index < -0.39 is 22.9 Å². The molecule has 0 bridgehead atoms. The van der Waals surface area contributed by atoms with Gasteiger partial charge in [0.2, 0.25) is 5.91 Å². The van der Waals surface area contributed by atoms with Crippen molar-refractivity contribution in [3.63, 3.8) is 0 Å². The molecule has 0 aliphatic heterocycles. The maximum Gasteiger partial charge on any atom is 0.243 e. The molecule has 0 radical (unpaired) electrons. The Morgan fingerprint density at radius 3 is 2.74 bits per heavy atom. The maximum absolute atomic E-state index is 13.5. The zero-order chi connectivity index (χ0) is 16.6. The molecule has 1 N–H and O–H groups in total. The molecule has 0 aliphatic rings. The van der Waals surface area contributed by atoms with Gasteiger partial charge in [0.25, 0.3) is 0 Å². The molecule has 1 atom stereocenters. The minimum absolute atomic E-state index is 0.334. The fraction of sp³-hybridized carbons (Fsp3) is 0.125. The number of nitrogens with one attached hydrogen (secondary N) is 1. The van der Waals surface area contributed by atoms with Gasteiger partial charge in [-0.05, 0) is 37.3 Å². The lowest BCUT2D eigenvalue weighted by Gasteiger charge is -2.09. The first-order chi connectivity index (χ1) is 11.0. The number of carbonyl (C=O) groups is 1. The van der Waals surface area contributed by atoms with Gasteiger partial charge in [-0.1, -0.05) is 6.07 Å². The number of hydrogen-bond acceptors (Lipinski definition) is 2. The topological polar surface area (TPSA) is 46.4 Å². The minimum Gasteiger partial charge on any atom is -0.309 e. The quantitative estimate of drug-likeness (QED) is 0.739. The van der Waals surface area contributed by atoms with Gasteiger partial charge in [0.15, 0.2) is 11.6 Å². The first kappa shape index (κ1) is 15.4. The summed E-state index contributed by atoms with van der Waals surface area (Å²) in [5.74, 6) is -2.00. The van der Waals surface area contributed by atoms with Gasteiger partial charge < -0.3 is 5.32 Å². The van der Waals surface area contributed by atoms with Crippen LogP contribution in [0.1, 0.15) is 6.92 Å². The number of anilines is 1. The van der Waals surface area contributed by atoms with E-state index in [1.807, 2.05) is 0 Å². The number of imidazole rings is 1. The Morgan fingerprint density at radius 2 is 2.04 bits per heavy atom. The van der Waals surface area contributed by atoms with Crippen molar-refractivity contribution in [2.45, 2.75) is 12.3 Å². The van der Waals surface area contributed by atoms with Crippen LogP contribution >= 0.6 is 11.6 Å². The van der Waals surface area contributed by atoms with Crippen LogP contribution in [0.15, 0.2) is 42.6 Å². The summed E-state index contributed by atoms with van der Waals surface area (Å²) in [6, 6.07) is 8.75. The highest BCUT2D eigenvalue weighted by molar-refractivity contribution is 6.32. The van der Waals surface area contributed by atoms with E-state index in [4.69, 9.17) is 11.6 Å². The largest absolute Gasteiger partial charge is 0.309 e. The van der Waals surface area contributed by atoms with E-state index in [1.54, 1.807) is 28.8 Å². The SMILES string of the molecule is CC(Cl)C(=O)Nc1c(-c2ccc(F)c(F)c2)nc2ccccn12. The van der Waals surface area contributed by atoms with Crippen molar-refractivity contribution < 1.29 is 13.6 Å². The number of rotatable bonds is 3. The first-order valence-corrected chi connectivity index (χ1v) is 7.28. The van der Waals surface area contributed by atoms with Gasteiger partial charge in [-0.15, -0.1) is 11.6 Å². The van der Waals surface area contributed by atoms with Crippen molar-refractivity contribution in [3.8, 4) is 11.3 Å². The Kier molecular flexibility index (Phi) is 4.00. The third-order valence-corrected chi connectivity index (χ3v) is 3.52. The average Bonchev–Trinajstić information content (AvgIpc) is 2.89. The van der Waals surface area contributed by atoms with E-state index in [2.05, 4.69) is 10.3 Å². The number of nitrogens with zero attached hydrogens (tertiary/aromatic N) is 2. The van der Waals surface area contributed by atoms with Crippen molar-refractivity contribution in [2.75, 3.05) is 5.32 Å². The van der Waals surface area contributed by atoms with Crippen molar-refractivity contribution in [1.82, 2.24) is 9.38 Å². The van der Waals surface area contributed by atoms with Crippen LogP contribution in [-0.2, 0) is 4.79 Å². The van der Waals surface area contributed by atoms with Crippen LogP contribution in [0, 0.1) is 11.6 Å². The van der Waals surface area contributed by atoms with Gasteiger partial charge in [-0.2, -0.15) is 0 Å². The monoisotopic (exact) mass is 335 g/mol. The summed E-state index contributed by atoms with van der Waals surface area (Å²) in [4.78, 5) is 16.3. The molecule has 0 saturated carbocycles. The van der Waals surface area contributed by atoms with E-state index >= 15 is 0 Å². The smallest absolute Gasteiger partial charge is 0.243 e. The molecule has 0 fully saturated rings. The van der Waals surface area contributed by atoms with E-state index in [0.717, 1.165) is 12.1 Å². The van der Waals surface area contributed by atoms with Crippen LogP contribution in [0.3, 0.4) is 0 Å². The lowest BCUT2D eigenvalue weighted by molar-refractivity contribution is -0.115. The number of halogens is 3. The van der Waals surface area contributed by atoms with Gasteiger partial charge in [0, 0.05) is 11.8 Å². The molecule has 7 heteroatoms. The van der Waals surface area contributed by atoms with Crippen LogP contribution in [-0.4, -0.2) is 20.7 Å². The molecular weight excluding hydrogens is 324 g/mol. The van der Waals surface area contributed by atoms with Crippen LogP contribution in [0.4, 0.5) is 14.6 Å².